The third-order valence-corrected chi connectivity index (χ3v) is 4.79. The highest BCUT2D eigenvalue weighted by atomic mass is 15.1. The lowest BCUT2D eigenvalue weighted by Crippen LogP contribution is -2.30. The Labute approximate surface area is 148 Å². The van der Waals surface area contributed by atoms with Gasteiger partial charge in [-0.05, 0) is 55.9 Å². The van der Waals surface area contributed by atoms with E-state index in [4.69, 9.17) is 0 Å². The van der Waals surface area contributed by atoms with E-state index in [-0.39, 0.29) is 0 Å². The largest absolute Gasteiger partial charge is 0.365 e. The average molecular weight is 324 g/mol. The molecule has 0 unspecified atom stereocenters. The van der Waals surface area contributed by atoms with E-state index in [2.05, 4.69) is 87.2 Å². The van der Waals surface area contributed by atoms with E-state index in [0.29, 0.717) is 6.04 Å². The quantitative estimate of drug-likeness (QED) is 0.491. The number of anilines is 1. The molecule has 24 heavy (non-hydrogen) atoms. The van der Waals surface area contributed by atoms with Crippen molar-refractivity contribution in [3.05, 3.63) is 65.7 Å². The van der Waals surface area contributed by atoms with Gasteiger partial charge < -0.3 is 4.90 Å². The van der Waals surface area contributed by atoms with Crippen LogP contribution < -0.4 is 4.90 Å². The lowest BCUT2D eigenvalue weighted by molar-refractivity contribution is 0.561. The molecule has 0 aromatic heterocycles. The Kier molecular flexibility index (Phi) is 7.36. The molecule has 0 saturated heterocycles. The van der Waals surface area contributed by atoms with Crippen LogP contribution in [0.4, 0.5) is 5.69 Å². The highest BCUT2D eigenvalue weighted by Crippen LogP contribution is 2.29. The zero-order valence-electron chi connectivity index (χ0n) is 15.8. The molecule has 1 nitrogen and oxygen atoms in total. The lowest BCUT2D eigenvalue weighted by atomic mass is 9.90. The molecule has 0 N–H and O–H groups in total. The molecule has 2 aromatic rings. The normalized spacial score (nSPS) is 11.2. The molecule has 0 radical (unpaired) electrons. The fourth-order valence-electron chi connectivity index (χ4n) is 3.46. The van der Waals surface area contributed by atoms with E-state index >= 15 is 0 Å². The molecule has 0 bridgehead atoms. The fourth-order valence-corrected chi connectivity index (χ4v) is 3.46. The molecule has 0 saturated carbocycles. The summed E-state index contributed by atoms with van der Waals surface area (Å²) in [6, 6.07) is 20.6. The smallest absolute Gasteiger partial charge is 0.0432 e. The van der Waals surface area contributed by atoms with Gasteiger partial charge in [0, 0.05) is 18.3 Å². The first-order valence-electron chi connectivity index (χ1n) is 9.56. The second-order valence-corrected chi connectivity index (χ2v) is 7.07. The monoisotopic (exact) mass is 323 g/mol. The molecule has 1 heteroatoms. The van der Waals surface area contributed by atoms with Crippen molar-refractivity contribution >= 4 is 5.69 Å². The van der Waals surface area contributed by atoms with Crippen LogP contribution in [0.5, 0.6) is 0 Å². The van der Waals surface area contributed by atoms with Gasteiger partial charge in [-0.25, -0.2) is 0 Å². The van der Waals surface area contributed by atoms with Gasteiger partial charge in [-0.2, -0.15) is 0 Å². The first-order chi connectivity index (χ1) is 11.7. The highest BCUT2D eigenvalue weighted by molar-refractivity contribution is 5.49. The van der Waals surface area contributed by atoms with Gasteiger partial charge in [0.2, 0.25) is 0 Å². The van der Waals surface area contributed by atoms with Gasteiger partial charge in [0.25, 0.3) is 0 Å². The summed E-state index contributed by atoms with van der Waals surface area (Å²) in [5, 5.41) is 0. The van der Waals surface area contributed by atoms with Gasteiger partial charge in [-0.3, -0.25) is 0 Å². The summed E-state index contributed by atoms with van der Waals surface area (Å²) in [6.45, 7) is 10.1. The number of hydrogen-bond acceptors (Lipinski definition) is 1. The van der Waals surface area contributed by atoms with Crippen LogP contribution in [0.15, 0.2) is 54.6 Å². The van der Waals surface area contributed by atoms with Crippen LogP contribution in [0.2, 0.25) is 0 Å². The van der Waals surface area contributed by atoms with E-state index in [0.717, 1.165) is 12.5 Å². The van der Waals surface area contributed by atoms with Crippen molar-refractivity contribution in [2.24, 2.45) is 0 Å². The summed E-state index contributed by atoms with van der Waals surface area (Å²) in [4.78, 5) is 2.48. The molecule has 0 fully saturated rings. The zero-order valence-corrected chi connectivity index (χ0v) is 15.8. The molecule has 130 valence electrons. The predicted molar refractivity (Wildman–Crippen MR) is 107 cm³/mol. The summed E-state index contributed by atoms with van der Waals surface area (Å²) in [5.74, 6) is 0.718. The second kappa shape index (κ2) is 9.52. The predicted octanol–water partition coefficient (Wildman–Crippen LogP) is 6.79. The van der Waals surface area contributed by atoms with Crippen LogP contribution in [-0.2, 0) is 6.54 Å². The first kappa shape index (κ1) is 18.6. The Morgan fingerprint density at radius 1 is 0.792 bits per heavy atom. The van der Waals surface area contributed by atoms with Crippen molar-refractivity contribution in [2.75, 3.05) is 4.90 Å². The van der Waals surface area contributed by atoms with E-state index in [1.807, 2.05) is 0 Å². The maximum Gasteiger partial charge on any atom is 0.0432 e. The van der Waals surface area contributed by atoms with Crippen molar-refractivity contribution < 1.29 is 0 Å². The summed E-state index contributed by atoms with van der Waals surface area (Å²) in [5.41, 5.74) is 4.19. The van der Waals surface area contributed by atoms with Crippen LogP contribution >= 0.6 is 0 Å². The van der Waals surface area contributed by atoms with Gasteiger partial charge in [-0.15, -0.1) is 0 Å². The molecule has 0 amide bonds. The molecule has 0 aliphatic heterocycles. The third-order valence-electron chi connectivity index (χ3n) is 4.79. The van der Waals surface area contributed by atoms with Crippen LogP contribution in [0, 0.1) is 0 Å². The summed E-state index contributed by atoms with van der Waals surface area (Å²) >= 11 is 0. The Hall–Kier alpha value is -1.76. The van der Waals surface area contributed by atoms with Crippen molar-refractivity contribution in [1.29, 1.82) is 0 Å². The fraction of sp³-hybridized carbons (Fsp3) is 0.478. The average Bonchev–Trinajstić information content (AvgIpc) is 2.60. The minimum Gasteiger partial charge on any atom is -0.365 e. The van der Waals surface area contributed by atoms with Crippen molar-refractivity contribution in [3.8, 4) is 0 Å². The zero-order chi connectivity index (χ0) is 17.4. The molecule has 0 aliphatic carbocycles. The summed E-state index contributed by atoms with van der Waals surface area (Å²) in [6.07, 6.45) is 5.12. The summed E-state index contributed by atoms with van der Waals surface area (Å²) in [7, 11) is 0. The van der Waals surface area contributed by atoms with Crippen LogP contribution in [0.1, 0.15) is 70.4 Å². The minimum atomic E-state index is 0.484. The van der Waals surface area contributed by atoms with Gasteiger partial charge >= 0.3 is 0 Å². The number of hydrogen-bond donors (Lipinski definition) is 0. The van der Waals surface area contributed by atoms with Gasteiger partial charge in [0.15, 0.2) is 0 Å². The number of rotatable bonds is 9. The van der Waals surface area contributed by atoms with Gasteiger partial charge in [-0.1, -0.05) is 69.2 Å². The van der Waals surface area contributed by atoms with Crippen molar-refractivity contribution in [2.45, 2.75) is 71.9 Å². The minimum absolute atomic E-state index is 0.484. The maximum absolute atomic E-state index is 2.48. The van der Waals surface area contributed by atoms with Crippen LogP contribution in [0.25, 0.3) is 0 Å². The Morgan fingerprint density at radius 3 is 1.88 bits per heavy atom. The molecule has 2 rings (SSSR count). The standard InChI is InChI=1S/C23H33N/c1-5-10-21(11-6-2)22-14-16-23(17-15-22)24(19(3)4)18-20-12-8-7-9-13-20/h7-9,12-17,19,21H,5-6,10-11,18H2,1-4H3. The van der Waals surface area contributed by atoms with Gasteiger partial charge in [0.05, 0.1) is 0 Å². The Bertz CT molecular complexity index is 565. The van der Waals surface area contributed by atoms with Gasteiger partial charge in [0.1, 0.15) is 0 Å². The number of nitrogens with zero attached hydrogens (tertiary/aromatic N) is 1. The topological polar surface area (TPSA) is 3.24 Å². The van der Waals surface area contributed by atoms with Crippen LogP contribution in [-0.4, -0.2) is 6.04 Å². The molecular weight excluding hydrogens is 290 g/mol. The highest BCUT2D eigenvalue weighted by Gasteiger charge is 2.13. The maximum atomic E-state index is 2.48. The van der Waals surface area contributed by atoms with E-state index in [9.17, 15) is 0 Å². The lowest BCUT2D eigenvalue weighted by Gasteiger charge is -2.30. The number of benzene rings is 2. The third kappa shape index (κ3) is 5.12. The van der Waals surface area contributed by atoms with Crippen molar-refractivity contribution in [1.82, 2.24) is 0 Å². The van der Waals surface area contributed by atoms with Crippen LogP contribution in [0.3, 0.4) is 0 Å². The molecule has 0 heterocycles. The van der Waals surface area contributed by atoms with E-state index < -0.39 is 0 Å². The molecular formula is C23H33N. The Balaban J connectivity index is 2.16. The molecule has 0 atom stereocenters. The first-order valence-corrected chi connectivity index (χ1v) is 9.56. The molecule has 0 aliphatic rings. The second-order valence-electron chi connectivity index (χ2n) is 7.07. The molecule has 2 aromatic carbocycles. The summed E-state index contributed by atoms with van der Waals surface area (Å²) < 4.78 is 0. The van der Waals surface area contributed by atoms with E-state index in [1.54, 1.807) is 0 Å². The molecule has 0 spiro atoms. The Morgan fingerprint density at radius 2 is 1.38 bits per heavy atom. The SMILES string of the molecule is CCCC(CCC)c1ccc(N(Cc2ccccc2)C(C)C)cc1. The van der Waals surface area contributed by atoms with Crippen molar-refractivity contribution in [3.63, 3.8) is 0 Å². The van der Waals surface area contributed by atoms with E-state index in [1.165, 1.54) is 42.5 Å².